The van der Waals surface area contributed by atoms with Crippen molar-refractivity contribution < 1.29 is 12.8 Å². The molecule has 1 heterocycles. The average Bonchev–Trinajstić information content (AvgIpc) is 2.78. The average molecular weight is 298 g/mol. The number of hydrogen-bond donors (Lipinski definition) is 3. The third-order valence-corrected chi connectivity index (χ3v) is 4.44. The maximum atomic E-state index is 13.6. The van der Waals surface area contributed by atoms with Gasteiger partial charge in [-0.05, 0) is 26.0 Å². The maximum Gasteiger partial charge on any atom is 0.241 e. The minimum Gasteiger partial charge on any atom is -0.398 e. The summed E-state index contributed by atoms with van der Waals surface area (Å²) < 4.78 is 40.1. The van der Waals surface area contributed by atoms with Crippen molar-refractivity contribution in [1.82, 2.24) is 14.9 Å². The van der Waals surface area contributed by atoms with Crippen LogP contribution in [0.3, 0.4) is 0 Å². The molecule has 0 bridgehead atoms. The van der Waals surface area contributed by atoms with Gasteiger partial charge in [0.15, 0.2) is 0 Å². The van der Waals surface area contributed by atoms with Crippen LogP contribution in [0, 0.1) is 19.7 Å². The van der Waals surface area contributed by atoms with Crippen LogP contribution in [-0.4, -0.2) is 18.6 Å². The third-order valence-electron chi connectivity index (χ3n) is 3.06. The Bertz CT molecular complexity index is 717. The lowest BCUT2D eigenvalue weighted by molar-refractivity contribution is 0.576. The van der Waals surface area contributed by atoms with Crippen molar-refractivity contribution >= 4 is 15.7 Å². The number of sulfonamides is 1. The molecule has 0 atom stereocenters. The molecular formula is C12H15FN4O2S. The zero-order valence-electron chi connectivity index (χ0n) is 11.1. The maximum absolute atomic E-state index is 13.6. The molecule has 8 heteroatoms. The van der Waals surface area contributed by atoms with Crippen molar-refractivity contribution in [2.45, 2.75) is 25.3 Å². The Morgan fingerprint density at radius 3 is 2.65 bits per heavy atom. The van der Waals surface area contributed by atoms with Gasteiger partial charge in [0.25, 0.3) is 0 Å². The number of halogens is 1. The number of nitrogen functional groups attached to an aromatic ring is 1. The molecule has 0 amide bonds. The van der Waals surface area contributed by atoms with E-state index >= 15 is 0 Å². The van der Waals surface area contributed by atoms with Crippen LogP contribution in [0.15, 0.2) is 23.2 Å². The van der Waals surface area contributed by atoms with Crippen molar-refractivity contribution in [2.75, 3.05) is 5.73 Å². The molecule has 1 aromatic carbocycles. The van der Waals surface area contributed by atoms with E-state index in [0.29, 0.717) is 5.56 Å². The first kappa shape index (κ1) is 14.5. The van der Waals surface area contributed by atoms with Crippen molar-refractivity contribution in [1.29, 1.82) is 0 Å². The summed E-state index contributed by atoms with van der Waals surface area (Å²) in [6, 6.07) is 2.19. The van der Waals surface area contributed by atoms with E-state index in [9.17, 15) is 12.8 Å². The summed E-state index contributed by atoms with van der Waals surface area (Å²) in [6.07, 6.45) is 1.53. The lowest BCUT2D eigenvalue weighted by Gasteiger charge is -2.09. The summed E-state index contributed by atoms with van der Waals surface area (Å²) in [5.74, 6) is -0.648. The Kier molecular flexibility index (Phi) is 3.78. The number of nitrogens with one attached hydrogen (secondary N) is 2. The number of aryl methyl sites for hydroxylation is 1. The zero-order valence-corrected chi connectivity index (χ0v) is 11.9. The number of hydrogen-bond acceptors (Lipinski definition) is 4. The lowest BCUT2D eigenvalue weighted by atomic mass is 10.2. The first-order valence-electron chi connectivity index (χ1n) is 5.85. The Balaban J connectivity index is 2.25. The molecule has 20 heavy (non-hydrogen) atoms. The van der Waals surface area contributed by atoms with E-state index in [1.165, 1.54) is 19.2 Å². The van der Waals surface area contributed by atoms with Gasteiger partial charge in [-0.15, -0.1) is 0 Å². The molecule has 2 rings (SSSR count). The highest BCUT2D eigenvalue weighted by Crippen LogP contribution is 2.21. The number of nitrogens with two attached hydrogens (primary N) is 1. The highest BCUT2D eigenvalue weighted by molar-refractivity contribution is 7.89. The number of rotatable bonds is 4. The van der Waals surface area contributed by atoms with E-state index < -0.39 is 15.8 Å². The van der Waals surface area contributed by atoms with Gasteiger partial charge < -0.3 is 5.73 Å². The monoisotopic (exact) mass is 298 g/mol. The minimum atomic E-state index is -3.83. The van der Waals surface area contributed by atoms with Crippen LogP contribution in [0.2, 0.25) is 0 Å². The molecule has 0 radical (unpaired) electrons. The van der Waals surface area contributed by atoms with Crippen LogP contribution >= 0.6 is 0 Å². The van der Waals surface area contributed by atoms with Gasteiger partial charge in [0.2, 0.25) is 10.0 Å². The zero-order chi connectivity index (χ0) is 14.9. The Labute approximate surface area is 116 Å². The molecular weight excluding hydrogens is 283 g/mol. The lowest BCUT2D eigenvalue weighted by Crippen LogP contribution is -2.23. The molecule has 1 aromatic heterocycles. The topological polar surface area (TPSA) is 101 Å². The number of benzene rings is 1. The standard InChI is InChI=1S/C12H15FN4O2S/c1-7-11(13)3-10(4-12(7)14)20(18,19)16-6-9-5-15-17-8(9)2/h3-5,16H,6,14H2,1-2H3,(H,15,17). The fraction of sp³-hybridized carbons (Fsp3) is 0.250. The predicted octanol–water partition coefficient (Wildman–Crippen LogP) is 1.23. The van der Waals surface area contributed by atoms with Gasteiger partial charge in [0.05, 0.1) is 11.1 Å². The van der Waals surface area contributed by atoms with Crippen LogP contribution in [0.25, 0.3) is 0 Å². The number of nitrogens with zero attached hydrogens (tertiary/aromatic N) is 1. The highest BCUT2D eigenvalue weighted by atomic mass is 32.2. The molecule has 0 aliphatic heterocycles. The van der Waals surface area contributed by atoms with Crippen LogP contribution in [-0.2, 0) is 16.6 Å². The van der Waals surface area contributed by atoms with Gasteiger partial charge in [-0.2, -0.15) is 5.10 Å². The van der Waals surface area contributed by atoms with Crippen molar-refractivity contribution in [2.24, 2.45) is 0 Å². The molecule has 0 unspecified atom stereocenters. The van der Waals surface area contributed by atoms with Crippen LogP contribution in [0.1, 0.15) is 16.8 Å². The van der Waals surface area contributed by atoms with E-state index in [4.69, 9.17) is 5.73 Å². The van der Waals surface area contributed by atoms with Crippen LogP contribution in [0.5, 0.6) is 0 Å². The largest absolute Gasteiger partial charge is 0.398 e. The number of H-pyrrole nitrogens is 1. The second-order valence-electron chi connectivity index (χ2n) is 4.46. The molecule has 0 spiro atoms. The molecule has 0 saturated carbocycles. The van der Waals surface area contributed by atoms with Gasteiger partial charge in [0.1, 0.15) is 5.82 Å². The molecule has 0 fully saturated rings. The second-order valence-corrected chi connectivity index (χ2v) is 6.23. The number of anilines is 1. The van der Waals surface area contributed by atoms with E-state index in [2.05, 4.69) is 14.9 Å². The van der Waals surface area contributed by atoms with Gasteiger partial charge in [-0.1, -0.05) is 0 Å². The van der Waals surface area contributed by atoms with Gasteiger partial charge in [0, 0.05) is 29.1 Å². The quantitative estimate of drug-likeness (QED) is 0.739. The van der Waals surface area contributed by atoms with Crippen LogP contribution < -0.4 is 10.5 Å². The van der Waals surface area contributed by atoms with Gasteiger partial charge >= 0.3 is 0 Å². The predicted molar refractivity (Wildman–Crippen MR) is 72.9 cm³/mol. The molecule has 0 aliphatic carbocycles. The fourth-order valence-corrected chi connectivity index (χ4v) is 2.69. The summed E-state index contributed by atoms with van der Waals surface area (Å²) >= 11 is 0. The molecule has 0 saturated heterocycles. The van der Waals surface area contributed by atoms with Gasteiger partial charge in [-0.25, -0.2) is 17.5 Å². The summed E-state index contributed by atoms with van der Waals surface area (Å²) in [5.41, 5.74) is 7.40. The van der Waals surface area contributed by atoms with E-state index in [1.54, 1.807) is 6.92 Å². The molecule has 2 aromatic rings. The summed E-state index contributed by atoms with van der Waals surface area (Å²) in [5, 5.41) is 6.50. The Morgan fingerprint density at radius 2 is 2.10 bits per heavy atom. The van der Waals surface area contributed by atoms with Gasteiger partial charge in [-0.3, -0.25) is 5.10 Å². The smallest absolute Gasteiger partial charge is 0.241 e. The highest BCUT2D eigenvalue weighted by Gasteiger charge is 2.17. The van der Waals surface area contributed by atoms with E-state index in [1.807, 2.05) is 0 Å². The Hall–Kier alpha value is -1.93. The first-order chi connectivity index (χ1) is 9.31. The van der Waals surface area contributed by atoms with Crippen molar-refractivity contribution in [3.05, 3.63) is 41.0 Å². The normalized spacial score (nSPS) is 11.8. The summed E-state index contributed by atoms with van der Waals surface area (Å²) in [4.78, 5) is -0.195. The summed E-state index contributed by atoms with van der Waals surface area (Å²) in [6.45, 7) is 3.34. The van der Waals surface area contributed by atoms with E-state index in [0.717, 1.165) is 11.8 Å². The fourth-order valence-electron chi connectivity index (χ4n) is 1.64. The molecule has 108 valence electrons. The SMILES string of the molecule is Cc1[nH]ncc1CNS(=O)(=O)c1cc(N)c(C)c(F)c1. The Morgan fingerprint density at radius 1 is 1.40 bits per heavy atom. The van der Waals surface area contributed by atoms with Crippen molar-refractivity contribution in [3.8, 4) is 0 Å². The molecule has 4 N–H and O–H groups in total. The van der Waals surface area contributed by atoms with E-state index in [-0.39, 0.29) is 22.7 Å². The first-order valence-corrected chi connectivity index (χ1v) is 7.33. The molecule has 0 aliphatic rings. The number of aromatic amines is 1. The molecule has 6 nitrogen and oxygen atoms in total. The number of aromatic nitrogens is 2. The summed E-state index contributed by atoms with van der Waals surface area (Å²) in [7, 11) is -3.83. The van der Waals surface area contributed by atoms with Crippen LogP contribution in [0.4, 0.5) is 10.1 Å². The third kappa shape index (κ3) is 2.81. The van der Waals surface area contributed by atoms with Crippen molar-refractivity contribution in [3.63, 3.8) is 0 Å². The second kappa shape index (κ2) is 5.22. The minimum absolute atomic E-state index is 0.0695.